The molecule has 2 N–H and O–H groups in total. The van der Waals surface area contributed by atoms with E-state index >= 15 is 0 Å². The van der Waals surface area contributed by atoms with Crippen molar-refractivity contribution in [3.8, 4) is 0 Å². The van der Waals surface area contributed by atoms with E-state index in [1.807, 2.05) is 6.07 Å². The van der Waals surface area contributed by atoms with E-state index in [0.717, 1.165) is 31.5 Å². The fraction of sp³-hybridized carbons (Fsp3) is 0.615. The van der Waals surface area contributed by atoms with Gasteiger partial charge in [-0.3, -0.25) is 4.98 Å². The summed E-state index contributed by atoms with van der Waals surface area (Å²) in [6, 6.07) is 3.65. The molecule has 0 aliphatic carbocycles. The first-order chi connectivity index (χ1) is 9.14. The molecule has 1 aromatic heterocycles. The standard InChI is InChI=1S/C13H23N3O2S/c1-2-7-14-8-3-4-10-19(17,18)16-12-13-6-5-9-15-11-13/h5-6,9,11,14,16H,2-4,7-8,10,12H2,1H3. The molecule has 5 nitrogen and oxygen atoms in total. The zero-order valence-corrected chi connectivity index (χ0v) is 12.2. The van der Waals surface area contributed by atoms with Gasteiger partial charge in [-0.25, -0.2) is 13.1 Å². The fourth-order valence-electron chi connectivity index (χ4n) is 1.61. The third-order valence-electron chi connectivity index (χ3n) is 2.66. The number of nitrogens with one attached hydrogen (secondary N) is 2. The van der Waals surface area contributed by atoms with Crippen molar-refractivity contribution in [3.05, 3.63) is 30.1 Å². The number of pyridine rings is 1. The van der Waals surface area contributed by atoms with Crippen molar-refractivity contribution in [2.75, 3.05) is 18.8 Å². The molecule has 0 aliphatic rings. The Kier molecular flexibility index (Phi) is 7.62. The van der Waals surface area contributed by atoms with E-state index in [-0.39, 0.29) is 5.75 Å². The highest BCUT2D eigenvalue weighted by Gasteiger charge is 2.09. The van der Waals surface area contributed by atoms with Crippen LogP contribution in [0.2, 0.25) is 0 Å². The number of aromatic nitrogens is 1. The van der Waals surface area contributed by atoms with Crippen molar-refractivity contribution >= 4 is 10.0 Å². The van der Waals surface area contributed by atoms with Gasteiger partial charge in [0.25, 0.3) is 0 Å². The minimum atomic E-state index is -3.18. The van der Waals surface area contributed by atoms with Crippen LogP contribution < -0.4 is 10.0 Å². The molecule has 1 rings (SSSR count). The zero-order valence-electron chi connectivity index (χ0n) is 11.4. The van der Waals surface area contributed by atoms with Gasteiger partial charge in [0.1, 0.15) is 0 Å². The minimum absolute atomic E-state index is 0.182. The molecular weight excluding hydrogens is 262 g/mol. The highest BCUT2D eigenvalue weighted by Crippen LogP contribution is 1.98. The van der Waals surface area contributed by atoms with Crippen molar-refractivity contribution < 1.29 is 8.42 Å². The molecule has 0 fully saturated rings. The van der Waals surface area contributed by atoms with Crippen LogP contribution in [0.1, 0.15) is 31.7 Å². The monoisotopic (exact) mass is 285 g/mol. The summed E-state index contributed by atoms with van der Waals surface area (Å²) in [4.78, 5) is 3.95. The lowest BCUT2D eigenvalue weighted by Crippen LogP contribution is -2.26. The van der Waals surface area contributed by atoms with Crippen LogP contribution in [0.15, 0.2) is 24.5 Å². The first-order valence-electron chi connectivity index (χ1n) is 6.71. The van der Waals surface area contributed by atoms with Crippen LogP contribution in [0.4, 0.5) is 0 Å². The van der Waals surface area contributed by atoms with E-state index in [0.29, 0.717) is 13.0 Å². The molecule has 19 heavy (non-hydrogen) atoms. The second kappa shape index (κ2) is 9.01. The quantitative estimate of drug-likeness (QED) is 0.635. The van der Waals surface area contributed by atoms with Crippen molar-refractivity contribution in [2.24, 2.45) is 0 Å². The van der Waals surface area contributed by atoms with Crippen LogP contribution in [-0.4, -0.2) is 32.2 Å². The van der Waals surface area contributed by atoms with Gasteiger partial charge in [0.05, 0.1) is 5.75 Å². The first-order valence-corrected chi connectivity index (χ1v) is 8.36. The highest BCUT2D eigenvalue weighted by atomic mass is 32.2. The van der Waals surface area contributed by atoms with Gasteiger partial charge in [-0.15, -0.1) is 0 Å². The molecule has 0 radical (unpaired) electrons. The summed E-state index contributed by atoms with van der Waals surface area (Å²) < 4.78 is 26.1. The van der Waals surface area contributed by atoms with E-state index < -0.39 is 10.0 Å². The molecule has 0 atom stereocenters. The first kappa shape index (κ1) is 16.1. The molecule has 6 heteroatoms. The smallest absolute Gasteiger partial charge is 0.211 e. The molecule has 0 saturated carbocycles. The van der Waals surface area contributed by atoms with Gasteiger partial charge >= 0.3 is 0 Å². The van der Waals surface area contributed by atoms with Crippen molar-refractivity contribution in [1.29, 1.82) is 0 Å². The van der Waals surface area contributed by atoms with E-state index in [1.165, 1.54) is 0 Å². The summed E-state index contributed by atoms with van der Waals surface area (Å²) in [6.07, 6.45) is 6.00. The van der Waals surface area contributed by atoms with Crippen molar-refractivity contribution in [1.82, 2.24) is 15.0 Å². The molecule has 0 aliphatic heterocycles. The van der Waals surface area contributed by atoms with Gasteiger partial charge in [0, 0.05) is 18.9 Å². The largest absolute Gasteiger partial charge is 0.317 e. The van der Waals surface area contributed by atoms with E-state index in [1.54, 1.807) is 18.5 Å². The maximum atomic E-state index is 11.7. The SMILES string of the molecule is CCCNCCCCS(=O)(=O)NCc1cccnc1. The van der Waals surface area contributed by atoms with Crippen LogP contribution in [0.25, 0.3) is 0 Å². The Labute approximate surface area is 115 Å². The Morgan fingerprint density at radius 2 is 2.11 bits per heavy atom. The number of nitrogens with zero attached hydrogens (tertiary/aromatic N) is 1. The van der Waals surface area contributed by atoms with Crippen molar-refractivity contribution in [3.63, 3.8) is 0 Å². The van der Waals surface area contributed by atoms with Crippen LogP contribution in [0.3, 0.4) is 0 Å². The molecule has 0 unspecified atom stereocenters. The predicted octanol–water partition coefficient (Wildman–Crippen LogP) is 1.28. The number of hydrogen-bond donors (Lipinski definition) is 2. The van der Waals surface area contributed by atoms with Gasteiger partial charge < -0.3 is 5.32 Å². The van der Waals surface area contributed by atoms with Crippen LogP contribution in [0, 0.1) is 0 Å². The third kappa shape index (κ3) is 7.92. The van der Waals surface area contributed by atoms with Gasteiger partial charge in [0.2, 0.25) is 10.0 Å². The molecule has 1 heterocycles. The minimum Gasteiger partial charge on any atom is -0.317 e. The lowest BCUT2D eigenvalue weighted by atomic mass is 10.3. The fourth-order valence-corrected chi connectivity index (χ4v) is 2.73. The molecule has 0 spiro atoms. The van der Waals surface area contributed by atoms with Gasteiger partial charge in [-0.05, 0) is 44.0 Å². The molecule has 0 amide bonds. The normalized spacial score (nSPS) is 11.6. The van der Waals surface area contributed by atoms with Crippen molar-refractivity contribution in [2.45, 2.75) is 32.7 Å². The van der Waals surface area contributed by atoms with Gasteiger partial charge in [0.15, 0.2) is 0 Å². The Balaban J connectivity index is 2.17. The van der Waals surface area contributed by atoms with Gasteiger partial charge in [-0.2, -0.15) is 0 Å². The number of sulfonamides is 1. The molecule has 108 valence electrons. The number of hydrogen-bond acceptors (Lipinski definition) is 4. The Bertz CT molecular complexity index is 434. The number of rotatable bonds is 10. The summed E-state index contributed by atoms with van der Waals surface area (Å²) in [6.45, 7) is 4.29. The summed E-state index contributed by atoms with van der Waals surface area (Å²) in [5.74, 6) is 0.182. The molecule has 1 aromatic rings. The molecule has 0 bridgehead atoms. The Morgan fingerprint density at radius 1 is 1.26 bits per heavy atom. The maximum absolute atomic E-state index is 11.7. The van der Waals surface area contributed by atoms with Crippen LogP contribution in [-0.2, 0) is 16.6 Å². The van der Waals surface area contributed by atoms with E-state index in [9.17, 15) is 8.42 Å². The van der Waals surface area contributed by atoms with Crippen LogP contribution in [0.5, 0.6) is 0 Å². The average molecular weight is 285 g/mol. The lowest BCUT2D eigenvalue weighted by Gasteiger charge is -2.07. The summed E-state index contributed by atoms with van der Waals surface area (Å²) >= 11 is 0. The number of unbranched alkanes of at least 4 members (excludes halogenated alkanes) is 1. The van der Waals surface area contributed by atoms with E-state index in [4.69, 9.17) is 0 Å². The Hall–Kier alpha value is -0.980. The summed E-state index contributed by atoms with van der Waals surface area (Å²) in [5.41, 5.74) is 0.871. The predicted molar refractivity (Wildman–Crippen MR) is 77.3 cm³/mol. The van der Waals surface area contributed by atoms with Crippen LogP contribution >= 0.6 is 0 Å². The zero-order chi connectivity index (χ0) is 14.0. The average Bonchev–Trinajstić information content (AvgIpc) is 2.42. The summed E-state index contributed by atoms with van der Waals surface area (Å²) in [5, 5.41) is 3.26. The second-order valence-corrected chi connectivity index (χ2v) is 6.38. The molecule has 0 aromatic carbocycles. The molecule has 0 saturated heterocycles. The second-order valence-electron chi connectivity index (χ2n) is 4.46. The highest BCUT2D eigenvalue weighted by molar-refractivity contribution is 7.89. The topological polar surface area (TPSA) is 71.1 Å². The third-order valence-corrected chi connectivity index (χ3v) is 4.07. The van der Waals surface area contributed by atoms with E-state index in [2.05, 4.69) is 21.9 Å². The Morgan fingerprint density at radius 3 is 2.79 bits per heavy atom. The lowest BCUT2D eigenvalue weighted by molar-refractivity contribution is 0.572. The molecular formula is C13H23N3O2S. The van der Waals surface area contributed by atoms with Gasteiger partial charge in [-0.1, -0.05) is 13.0 Å². The maximum Gasteiger partial charge on any atom is 0.211 e. The summed E-state index contributed by atoms with van der Waals surface area (Å²) in [7, 11) is -3.18.